The van der Waals surface area contributed by atoms with Gasteiger partial charge in [0.1, 0.15) is 0 Å². The van der Waals surface area contributed by atoms with Crippen molar-refractivity contribution in [2.24, 2.45) is 0 Å². The number of halogens is 4. The second kappa shape index (κ2) is 11.8. The van der Waals surface area contributed by atoms with E-state index in [9.17, 15) is 0 Å². The fraction of sp³-hybridized carbons (Fsp3) is 0.314. The van der Waals surface area contributed by atoms with Crippen LogP contribution in [0.15, 0.2) is 97.1 Å². The molecule has 0 N–H and O–H groups in total. The van der Waals surface area contributed by atoms with Gasteiger partial charge in [-0.25, -0.2) is 0 Å². The van der Waals surface area contributed by atoms with Gasteiger partial charge in [-0.15, -0.1) is 0 Å². The Morgan fingerprint density at radius 3 is 1.28 bits per heavy atom. The summed E-state index contributed by atoms with van der Waals surface area (Å²) < 4.78 is 5.28. The normalized spacial score (nSPS) is 26.4. The highest BCUT2D eigenvalue weighted by molar-refractivity contribution is 14.1. The molecule has 2 unspecified atom stereocenters. The Morgan fingerprint density at radius 1 is 0.462 bits per heavy atom. The van der Waals surface area contributed by atoms with Crippen molar-refractivity contribution in [1.82, 2.24) is 0 Å². The summed E-state index contributed by atoms with van der Waals surface area (Å²) in [5.74, 6) is 0. The molecule has 2 aliphatic rings. The van der Waals surface area contributed by atoms with Gasteiger partial charge < -0.3 is 0 Å². The number of hydrogen-bond donors (Lipinski definition) is 0. The molecular weight excluding hydrogens is 928 g/mol. The first-order valence-electron chi connectivity index (χ1n) is 13.8. The van der Waals surface area contributed by atoms with Crippen LogP contribution < -0.4 is 0 Å². The van der Waals surface area contributed by atoms with Crippen molar-refractivity contribution in [2.75, 3.05) is 0 Å². The van der Waals surface area contributed by atoms with Gasteiger partial charge in [-0.3, -0.25) is 0 Å². The molecule has 2 atom stereocenters. The number of benzene rings is 4. The Balaban J connectivity index is 1.52. The summed E-state index contributed by atoms with van der Waals surface area (Å²) in [4.78, 5) is 0. The predicted octanol–water partition coefficient (Wildman–Crippen LogP) is 11.2. The molecule has 2 bridgehead atoms. The lowest BCUT2D eigenvalue weighted by Gasteiger charge is -2.60. The van der Waals surface area contributed by atoms with E-state index in [0.717, 1.165) is 6.42 Å². The minimum atomic E-state index is 0.123. The van der Waals surface area contributed by atoms with Crippen LogP contribution in [0.1, 0.15) is 67.2 Å². The number of aryl methyl sites for hydroxylation is 1. The Labute approximate surface area is 288 Å². The maximum Gasteiger partial charge on any atom is 0.0130 e. The maximum absolute atomic E-state index is 2.46. The van der Waals surface area contributed by atoms with Crippen LogP contribution in [0.5, 0.6) is 0 Å². The molecule has 4 aromatic carbocycles. The highest BCUT2D eigenvalue weighted by Gasteiger charge is 2.57. The molecule has 39 heavy (non-hydrogen) atoms. The monoisotopic (exact) mass is 960 g/mol. The van der Waals surface area contributed by atoms with Gasteiger partial charge in [-0.1, -0.05) is 55.0 Å². The van der Waals surface area contributed by atoms with Crippen LogP contribution in [0.4, 0.5) is 0 Å². The smallest absolute Gasteiger partial charge is 0.0130 e. The molecule has 6 rings (SSSR count). The third-order valence-electron chi connectivity index (χ3n) is 9.52. The summed E-state index contributed by atoms with van der Waals surface area (Å²) in [5, 5.41) is 0. The summed E-state index contributed by atoms with van der Waals surface area (Å²) in [5.41, 5.74) is 6.63. The summed E-state index contributed by atoms with van der Waals surface area (Å²) in [6.07, 6.45) is 9.91. The highest BCUT2D eigenvalue weighted by Crippen LogP contribution is 2.64. The van der Waals surface area contributed by atoms with Gasteiger partial charge in [0.25, 0.3) is 0 Å². The van der Waals surface area contributed by atoms with Crippen molar-refractivity contribution < 1.29 is 0 Å². The average molecular weight is 960 g/mol. The van der Waals surface area contributed by atoms with E-state index in [2.05, 4.69) is 187 Å². The zero-order valence-electron chi connectivity index (χ0n) is 21.9. The van der Waals surface area contributed by atoms with Crippen molar-refractivity contribution in [3.8, 4) is 0 Å². The van der Waals surface area contributed by atoms with E-state index in [1.807, 2.05) is 0 Å². The first-order chi connectivity index (χ1) is 18.8. The molecule has 0 saturated heterocycles. The molecule has 0 aromatic heterocycles. The molecular formula is C35H32I4. The molecule has 200 valence electrons. The Morgan fingerprint density at radius 2 is 0.846 bits per heavy atom. The van der Waals surface area contributed by atoms with Gasteiger partial charge in [0.05, 0.1) is 0 Å². The van der Waals surface area contributed by atoms with Crippen molar-refractivity contribution in [2.45, 2.75) is 67.6 Å². The minimum absolute atomic E-state index is 0.123. The SMILES string of the molecule is Ic1ccc(CCC2(c3ccc(I)cc3)CC3(c4ccc(I)cc4)CCCC(c4ccc(I)cc4)(C3)C2)cc1. The third kappa shape index (κ3) is 6.01. The highest BCUT2D eigenvalue weighted by atomic mass is 127. The summed E-state index contributed by atoms with van der Waals surface area (Å²) in [6.45, 7) is 0. The van der Waals surface area contributed by atoms with Gasteiger partial charge in [0, 0.05) is 14.3 Å². The Hall–Kier alpha value is -0.200. The van der Waals surface area contributed by atoms with E-state index < -0.39 is 0 Å². The van der Waals surface area contributed by atoms with Gasteiger partial charge >= 0.3 is 0 Å². The summed E-state index contributed by atoms with van der Waals surface area (Å²) in [7, 11) is 0. The van der Waals surface area contributed by atoms with Crippen molar-refractivity contribution in [3.05, 3.63) is 134 Å². The topological polar surface area (TPSA) is 0 Å². The molecule has 0 aliphatic heterocycles. The molecule has 0 nitrogen and oxygen atoms in total. The van der Waals surface area contributed by atoms with E-state index in [4.69, 9.17) is 0 Å². The first kappa shape index (κ1) is 28.9. The van der Waals surface area contributed by atoms with E-state index in [-0.39, 0.29) is 16.2 Å². The lowest BCUT2D eigenvalue weighted by Crippen LogP contribution is -2.55. The molecule has 4 aromatic rings. The van der Waals surface area contributed by atoms with Gasteiger partial charge in [0.2, 0.25) is 0 Å². The standard InChI is InChI=1S/C35H32I4/c36-29-10-2-25(3-11-29)18-21-35(28-8-16-32(39)17-9-28)23-33(26-4-12-30(37)13-5-26)19-1-20-34(22-33,24-35)27-6-14-31(38)15-7-27/h2-17H,1,18-24H2. The molecule has 4 heteroatoms. The van der Waals surface area contributed by atoms with Gasteiger partial charge in [-0.2, -0.15) is 0 Å². The molecule has 0 heterocycles. The van der Waals surface area contributed by atoms with E-state index in [0.29, 0.717) is 0 Å². The van der Waals surface area contributed by atoms with Crippen molar-refractivity contribution in [1.29, 1.82) is 0 Å². The number of fused-ring (bicyclic) bond motifs is 2. The van der Waals surface area contributed by atoms with E-state index >= 15 is 0 Å². The lowest BCUT2D eigenvalue weighted by atomic mass is 9.43. The number of rotatable bonds is 6. The third-order valence-corrected chi connectivity index (χ3v) is 12.4. The quantitative estimate of drug-likeness (QED) is 0.169. The zero-order chi connectivity index (χ0) is 27.1. The predicted molar refractivity (Wildman–Crippen MR) is 198 cm³/mol. The number of hydrogen-bond acceptors (Lipinski definition) is 0. The fourth-order valence-electron chi connectivity index (χ4n) is 7.92. The molecule has 0 spiro atoms. The van der Waals surface area contributed by atoms with Gasteiger partial charge in [0.15, 0.2) is 0 Å². The average Bonchev–Trinajstić information content (AvgIpc) is 2.93. The van der Waals surface area contributed by atoms with Crippen molar-refractivity contribution >= 4 is 90.4 Å². The molecule has 0 amide bonds. The van der Waals surface area contributed by atoms with Crippen LogP contribution in [-0.2, 0) is 22.7 Å². The van der Waals surface area contributed by atoms with Crippen LogP contribution in [0.2, 0.25) is 0 Å². The van der Waals surface area contributed by atoms with E-state index in [1.54, 1.807) is 16.7 Å². The Bertz CT molecular complexity index is 1360. The van der Waals surface area contributed by atoms with Crippen LogP contribution in [0.25, 0.3) is 0 Å². The van der Waals surface area contributed by atoms with Crippen LogP contribution >= 0.6 is 90.4 Å². The van der Waals surface area contributed by atoms with Gasteiger partial charge in [-0.05, 0) is 222 Å². The zero-order valence-corrected chi connectivity index (χ0v) is 30.5. The Kier molecular flexibility index (Phi) is 8.76. The molecule has 2 fully saturated rings. The van der Waals surface area contributed by atoms with Crippen LogP contribution in [0.3, 0.4) is 0 Å². The fourth-order valence-corrected chi connectivity index (χ4v) is 9.35. The summed E-state index contributed by atoms with van der Waals surface area (Å²) >= 11 is 9.79. The van der Waals surface area contributed by atoms with E-state index in [1.165, 1.54) is 64.8 Å². The minimum Gasteiger partial charge on any atom is -0.0580 e. The maximum atomic E-state index is 2.46. The van der Waals surface area contributed by atoms with Crippen LogP contribution in [-0.4, -0.2) is 0 Å². The van der Waals surface area contributed by atoms with Crippen molar-refractivity contribution in [3.63, 3.8) is 0 Å². The molecule has 0 radical (unpaired) electrons. The second-order valence-corrected chi connectivity index (χ2v) is 16.9. The summed E-state index contributed by atoms with van der Waals surface area (Å²) in [6, 6.07) is 38.0. The second-order valence-electron chi connectivity index (χ2n) is 11.9. The molecule has 2 saturated carbocycles. The largest absolute Gasteiger partial charge is 0.0580 e. The first-order valence-corrected chi connectivity index (χ1v) is 18.1. The molecule has 2 aliphatic carbocycles. The lowest BCUT2D eigenvalue weighted by molar-refractivity contribution is 0.0460. The van der Waals surface area contributed by atoms with Crippen LogP contribution in [0, 0.1) is 14.3 Å².